The molecule has 0 aliphatic rings. The Bertz CT molecular complexity index is 264. The number of hydrogen-bond acceptors (Lipinski definition) is 6. The van der Waals surface area contributed by atoms with E-state index in [0.717, 1.165) is 7.11 Å². The van der Waals surface area contributed by atoms with Gasteiger partial charge >= 0.3 is 5.97 Å². The summed E-state index contributed by atoms with van der Waals surface area (Å²) in [6, 6.07) is 0. The molecule has 0 unspecified atom stereocenters. The molecule has 0 saturated heterocycles. The summed E-state index contributed by atoms with van der Waals surface area (Å²) in [7, 11) is 1.05. The minimum absolute atomic E-state index is 0.284. The Balaban J connectivity index is 4.54. The van der Waals surface area contributed by atoms with Crippen molar-refractivity contribution in [3.05, 3.63) is 11.6 Å². The minimum Gasteiger partial charge on any atom is -0.545 e. The number of esters is 1. The van der Waals surface area contributed by atoms with Crippen molar-refractivity contribution in [3.8, 4) is 0 Å². The SMILES string of the molecule is COC(=O)C/C(=C\C(=O)[O-])C(=O)[O-]. The number of carboxylic acid groups (broad SMARTS) is 2. The van der Waals surface area contributed by atoms with Gasteiger partial charge in [-0.2, -0.15) is 0 Å². The Hall–Kier alpha value is -1.85. The first-order chi connectivity index (χ1) is 5.97. The first-order valence-corrected chi connectivity index (χ1v) is 3.17. The molecule has 0 atom stereocenters. The Kier molecular flexibility index (Phi) is 4.21. The molecular formula is C7H6O6-2. The van der Waals surface area contributed by atoms with Crippen LogP contribution in [0.2, 0.25) is 0 Å². The second-order valence-electron chi connectivity index (χ2n) is 2.03. The number of carbonyl (C=O) groups is 3. The van der Waals surface area contributed by atoms with E-state index in [0.29, 0.717) is 0 Å². The van der Waals surface area contributed by atoms with Gasteiger partial charge in [0.25, 0.3) is 0 Å². The van der Waals surface area contributed by atoms with Gasteiger partial charge in [-0.1, -0.05) is 0 Å². The van der Waals surface area contributed by atoms with Crippen LogP contribution >= 0.6 is 0 Å². The molecule has 0 fully saturated rings. The zero-order valence-electron chi connectivity index (χ0n) is 6.73. The summed E-state index contributed by atoms with van der Waals surface area (Å²) in [5.41, 5.74) is -0.688. The molecule has 72 valence electrons. The van der Waals surface area contributed by atoms with Crippen molar-refractivity contribution in [2.24, 2.45) is 0 Å². The fourth-order valence-electron chi connectivity index (χ4n) is 0.552. The van der Waals surface area contributed by atoms with E-state index in [-0.39, 0.29) is 6.08 Å². The minimum atomic E-state index is -1.74. The van der Waals surface area contributed by atoms with Crippen molar-refractivity contribution in [3.63, 3.8) is 0 Å². The molecule has 0 aliphatic carbocycles. The largest absolute Gasteiger partial charge is 0.545 e. The third kappa shape index (κ3) is 4.57. The Labute approximate surface area is 73.4 Å². The smallest absolute Gasteiger partial charge is 0.310 e. The Morgan fingerprint density at radius 2 is 1.85 bits per heavy atom. The van der Waals surface area contributed by atoms with Gasteiger partial charge in [0.15, 0.2) is 0 Å². The van der Waals surface area contributed by atoms with Crippen molar-refractivity contribution < 1.29 is 29.3 Å². The van der Waals surface area contributed by atoms with E-state index in [1.807, 2.05) is 0 Å². The molecule has 0 spiro atoms. The van der Waals surface area contributed by atoms with Gasteiger partial charge in [-0.05, 0) is 11.6 Å². The maximum atomic E-state index is 10.5. The number of ether oxygens (including phenoxy) is 1. The Morgan fingerprint density at radius 1 is 1.31 bits per heavy atom. The van der Waals surface area contributed by atoms with Crippen LogP contribution in [0.3, 0.4) is 0 Å². The van der Waals surface area contributed by atoms with E-state index in [9.17, 15) is 24.6 Å². The predicted molar refractivity (Wildman–Crippen MR) is 34.7 cm³/mol. The Morgan fingerprint density at radius 3 is 2.15 bits per heavy atom. The topological polar surface area (TPSA) is 107 Å². The third-order valence-electron chi connectivity index (χ3n) is 1.12. The lowest BCUT2D eigenvalue weighted by molar-refractivity contribution is -0.303. The fourth-order valence-corrected chi connectivity index (χ4v) is 0.552. The molecular weight excluding hydrogens is 180 g/mol. The average molecular weight is 186 g/mol. The molecule has 0 aromatic heterocycles. The number of methoxy groups -OCH3 is 1. The van der Waals surface area contributed by atoms with E-state index in [1.54, 1.807) is 0 Å². The molecule has 0 saturated carbocycles. The van der Waals surface area contributed by atoms with Crippen molar-refractivity contribution in [2.75, 3.05) is 7.11 Å². The fraction of sp³-hybridized carbons (Fsp3) is 0.286. The van der Waals surface area contributed by atoms with Crippen LogP contribution in [0, 0.1) is 0 Å². The average Bonchev–Trinajstić information content (AvgIpc) is 2.02. The lowest BCUT2D eigenvalue weighted by Gasteiger charge is -2.07. The number of aliphatic carboxylic acids is 2. The van der Waals surface area contributed by atoms with E-state index >= 15 is 0 Å². The first kappa shape index (κ1) is 11.2. The number of rotatable bonds is 4. The second-order valence-corrected chi connectivity index (χ2v) is 2.03. The van der Waals surface area contributed by atoms with Crippen molar-refractivity contribution in [1.82, 2.24) is 0 Å². The zero-order chi connectivity index (χ0) is 10.4. The molecule has 13 heavy (non-hydrogen) atoms. The van der Waals surface area contributed by atoms with Crippen LogP contribution in [0.25, 0.3) is 0 Å². The normalized spacial score (nSPS) is 10.7. The highest BCUT2D eigenvalue weighted by atomic mass is 16.5. The van der Waals surface area contributed by atoms with Gasteiger partial charge in [-0.3, -0.25) is 4.79 Å². The standard InChI is InChI=1S/C7H8O6/c1-13-6(10)3-4(7(11)12)2-5(8)9/h2H,3H2,1H3,(H,8,9)(H,11,12)/p-2/b4-2+. The summed E-state index contributed by atoms with van der Waals surface area (Å²) < 4.78 is 4.13. The summed E-state index contributed by atoms with van der Waals surface area (Å²) in [6.45, 7) is 0. The summed E-state index contributed by atoms with van der Waals surface area (Å²) in [4.78, 5) is 30.7. The summed E-state index contributed by atoms with van der Waals surface area (Å²) >= 11 is 0. The van der Waals surface area contributed by atoms with E-state index < -0.39 is 29.9 Å². The van der Waals surface area contributed by atoms with E-state index in [1.165, 1.54) is 0 Å². The van der Waals surface area contributed by atoms with Crippen LogP contribution in [0.4, 0.5) is 0 Å². The predicted octanol–water partition coefficient (Wildman–Crippen LogP) is -3.02. The van der Waals surface area contributed by atoms with Crippen LogP contribution in [0.1, 0.15) is 6.42 Å². The van der Waals surface area contributed by atoms with Gasteiger partial charge in [0.05, 0.1) is 25.5 Å². The zero-order valence-corrected chi connectivity index (χ0v) is 6.73. The maximum Gasteiger partial charge on any atom is 0.310 e. The molecule has 0 amide bonds. The molecule has 6 heteroatoms. The van der Waals surface area contributed by atoms with Crippen LogP contribution in [-0.4, -0.2) is 25.0 Å². The van der Waals surface area contributed by atoms with Crippen molar-refractivity contribution in [1.29, 1.82) is 0 Å². The monoisotopic (exact) mass is 186 g/mol. The molecule has 0 radical (unpaired) electrons. The number of carboxylic acids is 2. The van der Waals surface area contributed by atoms with Gasteiger partial charge in [-0.25, -0.2) is 0 Å². The van der Waals surface area contributed by atoms with Gasteiger partial charge < -0.3 is 24.5 Å². The van der Waals surface area contributed by atoms with Crippen molar-refractivity contribution in [2.45, 2.75) is 6.42 Å². The van der Waals surface area contributed by atoms with Gasteiger partial charge in [0.2, 0.25) is 0 Å². The van der Waals surface area contributed by atoms with Gasteiger partial charge in [0.1, 0.15) is 0 Å². The highest BCUT2D eigenvalue weighted by Crippen LogP contribution is 2.00. The summed E-state index contributed by atoms with van der Waals surface area (Å²) in [5.74, 6) is -4.31. The molecule has 6 nitrogen and oxygen atoms in total. The molecule has 0 bridgehead atoms. The van der Waals surface area contributed by atoms with Crippen molar-refractivity contribution >= 4 is 17.9 Å². The van der Waals surface area contributed by atoms with E-state index in [4.69, 9.17) is 0 Å². The lowest BCUT2D eigenvalue weighted by Crippen LogP contribution is -2.29. The van der Waals surface area contributed by atoms with Crippen LogP contribution in [0.5, 0.6) is 0 Å². The quantitative estimate of drug-likeness (QED) is 0.341. The molecule has 0 rings (SSSR count). The second kappa shape index (κ2) is 4.91. The highest BCUT2D eigenvalue weighted by molar-refractivity contribution is 5.96. The number of hydrogen-bond donors (Lipinski definition) is 0. The molecule has 0 aromatic rings. The van der Waals surface area contributed by atoms with Crippen LogP contribution in [0.15, 0.2) is 11.6 Å². The number of carbonyl (C=O) groups excluding carboxylic acids is 3. The third-order valence-corrected chi connectivity index (χ3v) is 1.12. The lowest BCUT2D eigenvalue weighted by atomic mass is 10.2. The highest BCUT2D eigenvalue weighted by Gasteiger charge is 2.06. The van der Waals surface area contributed by atoms with E-state index in [2.05, 4.69) is 4.74 Å². The molecule has 0 aromatic carbocycles. The van der Waals surface area contributed by atoms with Gasteiger partial charge in [0, 0.05) is 0 Å². The molecule has 0 N–H and O–H groups in total. The summed E-state index contributed by atoms with van der Waals surface area (Å²) in [5, 5.41) is 20.2. The molecule has 0 aliphatic heterocycles. The maximum absolute atomic E-state index is 10.5. The van der Waals surface area contributed by atoms with Crippen LogP contribution in [-0.2, 0) is 19.1 Å². The molecule has 0 heterocycles. The van der Waals surface area contributed by atoms with Gasteiger partial charge in [-0.15, -0.1) is 0 Å². The summed E-state index contributed by atoms with van der Waals surface area (Å²) in [6.07, 6.45) is -0.376. The first-order valence-electron chi connectivity index (χ1n) is 3.17. The van der Waals surface area contributed by atoms with Crippen LogP contribution < -0.4 is 10.2 Å².